The molecule has 0 radical (unpaired) electrons. The van der Waals surface area contributed by atoms with Crippen molar-refractivity contribution in [3.63, 3.8) is 0 Å². The maximum Gasteiger partial charge on any atom is 0.341 e. The Hall–Kier alpha value is -1.93. The molecule has 1 unspecified atom stereocenters. The van der Waals surface area contributed by atoms with E-state index < -0.39 is 12.1 Å². The van der Waals surface area contributed by atoms with Crippen LogP contribution in [0.2, 0.25) is 0 Å². The molecule has 35 heavy (non-hydrogen) atoms. The fourth-order valence-corrected chi connectivity index (χ4v) is 6.50. The number of unbranched alkanes of at least 4 members (excludes halogenated alkanes) is 5. The summed E-state index contributed by atoms with van der Waals surface area (Å²) in [6.45, 7) is 6.00. The number of nitrogens with one attached hydrogen (secondary N) is 3. The molecule has 1 aromatic rings. The second-order valence-corrected chi connectivity index (χ2v) is 10.9. The van der Waals surface area contributed by atoms with Gasteiger partial charge in [0.15, 0.2) is 5.78 Å². The number of piperidine rings is 1. The van der Waals surface area contributed by atoms with Crippen LogP contribution in [0.4, 0.5) is 9.80 Å². The summed E-state index contributed by atoms with van der Waals surface area (Å²) in [6, 6.07) is -0.901. The van der Waals surface area contributed by atoms with E-state index in [9.17, 15) is 14.4 Å². The number of amides is 2. The van der Waals surface area contributed by atoms with Crippen LogP contribution < -0.4 is 16.0 Å². The number of carbonyl (C=O) groups is 3. The maximum absolute atomic E-state index is 13.2. The smallest absolute Gasteiger partial charge is 0.341 e. The number of thiophene rings is 1. The Labute approximate surface area is 214 Å². The number of Topliss-reactive ketones (excluding diaryl/α,β-unsaturated/α-hetero) is 1. The van der Waals surface area contributed by atoms with Gasteiger partial charge in [0.25, 0.3) is 0 Å². The van der Waals surface area contributed by atoms with E-state index in [1.54, 1.807) is 6.92 Å². The van der Waals surface area contributed by atoms with Crippen LogP contribution >= 0.6 is 11.3 Å². The molecule has 7 nitrogen and oxygen atoms in total. The van der Waals surface area contributed by atoms with Crippen LogP contribution in [0.15, 0.2) is 0 Å². The molecule has 2 heterocycles. The Kier molecular flexibility index (Phi) is 11.5. The molecule has 2 amide bonds. The lowest BCUT2D eigenvalue weighted by Gasteiger charge is -2.30. The Morgan fingerprint density at radius 1 is 1.03 bits per heavy atom. The van der Waals surface area contributed by atoms with Crippen molar-refractivity contribution in [1.29, 1.82) is 0 Å². The van der Waals surface area contributed by atoms with Gasteiger partial charge in [0.2, 0.25) is 0 Å². The molecule has 3 N–H and O–H groups in total. The van der Waals surface area contributed by atoms with Crippen molar-refractivity contribution in [2.75, 3.05) is 25.0 Å². The SMILES string of the molecule is CCCCCCCCC(=O)C(NC(=O)Nc1sc2c(c1C(=O)OCC)CCCC2)C1CCNCC1. The number of carbonyl (C=O) groups excluding carboxylic acids is 3. The molecule has 3 rings (SSSR count). The summed E-state index contributed by atoms with van der Waals surface area (Å²) in [5.74, 6) is -0.120. The van der Waals surface area contributed by atoms with Crippen molar-refractivity contribution in [1.82, 2.24) is 10.6 Å². The highest BCUT2D eigenvalue weighted by Gasteiger charge is 2.32. The lowest BCUT2D eigenvalue weighted by molar-refractivity contribution is -0.122. The normalized spacial score (nSPS) is 16.9. The number of hydrogen-bond donors (Lipinski definition) is 3. The zero-order chi connectivity index (χ0) is 25.0. The molecular weight excluding hydrogens is 462 g/mol. The van der Waals surface area contributed by atoms with Gasteiger partial charge in [-0.05, 0) is 76.4 Å². The molecule has 2 aliphatic rings. The number of urea groups is 1. The van der Waals surface area contributed by atoms with E-state index in [0.29, 0.717) is 23.6 Å². The monoisotopic (exact) mass is 505 g/mol. The molecule has 196 valence electrons. The summed E-state index contributed by atoms with van der Waals surface area (Å²) in [4.78, 5) is 40.2. The third-order valence-corrected chi connectivity index (χ3v) is 8.35. The molecule has 1 aliphatic carbocycles. The van der Waals surface area contributed by atoms with Crippen LogP contribution in [0.3, 0.4) is 0 Å². The number of rotatable bonds is 13. The van der Waals surface area contributed by atoms with E-state index in [1.807, 2.05) is 0 Å². The van der Waals surface area contributed by atoms with Crippen LogP contribution in [0.25, 0.3) is 0 Å². The zero-order valence-electron chi connectivity index (χ0n) is 21.5. The maximum atomic E-state index is 13.2. The summed E-state index contributed by atoms with van der Waals surface area (Å²) in [7, 11) is 0. The first-order valence-corrected chi connectivity index (χ1v) is 14.5. The predicted octanol–water partition coefficient (Wildman–Crippen LogP) is 5.61. The minimum Gasteiger partial charge on any atom is -0.462 e. The van der Waals surface area contributed by atoms with E-state index in [-0.39, 0.29) is 17.7 Å². The third kappa shape index (κ3) is 8.04. The van der Waals surface area contributed by atoms with Crippen molar-refractivity contribution in [2.24, 2.45) is 5.92 Å². The molecular formula is C27H43N3O4S. The Bertz CT molecular complexity index is 848. The highest BCUT2D eigenvalue weighted by atomic mass is 32.1. The van der Waals surface area contributed by atoms with E-state index in [0.717, 1.165) is 81.3 Å². The van der Waals surface area contributed by atoms with Crippen LogP contribution in [0, 0.1) is 5.92 Å². The largest absolute Gasteiger partial charge is 0.462 e. The first-order chi connectivity index (χ1) is 17.0. The predicted molar refractivity (Wildman–Crippen MR) is 141 cm³/mol. The van der Waals surface area contributed by atoms with Crippen LogP contribution in [0.5, 0.6) is 0 Å². The minimum atomic E-state index is -0.492. The van der Waals surface area contributed by atoms with Gasteiger partial charge in [0.05, 0.1) is 18.2 Å². The van der Waals surface area contributed by atoms with E-state index in [2.05, 4.69) is 22.9 Å². The first kappa shape index (κ1) is 27.7. The van der Waals surface area contributed by atoms with Crippen molar-refractivity contribution in [3.05, 3.63) is 16.0 Å². The van der Waals surface area contributed by atoms with Gasteiger partial charge in [-0.1, -0.05) is 39.0 Å². The lowest BCUT2D eigenvalue weighted by atomic mass is 9.86. The second kappa shape index (κ2) is 14.6. The van der Waals surface area contributed by atoms with Gasteiger partial charge >= 0.3 is 12.0 Å². The van der Waals surface area contributed by atoms with Gasteiger partial charge in [-0.15, -0.1) is 11.3 Å². The van der Waals surface area contributed by atoms with Crippen LogP contribution in [0.1, 0.15) is 105 Å². The highest BCUT2D eigenvalue weighted by Crippen LogP contribution is 2.38. The minimum absolute atomic E-state index is 0.124. The standard InChI is InChI=1S/C27H43N3O4S/c1-3-5-6-7-8-9-13-21(31)24(19-15-17-28-18-16-19)29-27(33)30-25-23(26(32)34-4-2)20-12-10-11-14-22(20)35-25/h19,24,28H,3-18H2,1-2H3,(H2,29,30,33). The van der Waals surface area contributed by atoms with Gasteiger partial charge in [0, 0.05) is 11.3 Å². The van der Waals surface area contributed by atoms with Gasteiger partial charge in [0.1, 0.15) is 5.00 Å². The first-order valence-electron chi connectivity index (χ1n) is 13.7. The molecule has 1 saturated heterocycles. The third-order valence-electron chi connectivity index (χ3n) is 7.14. The van der Waals surface area contributed by atoms with Gasteiger partial charge in [-0.2, -0.15) is 0 Å². The average Bonchev–Trinajstić information content (AvgIpc) is 3.23. The number of hydrogen-bond acceptors (Lipinski definition) is 6. The Balaban J connectivity index is 1.66. The molecule has 1 atom stereocenters. The number of fused-ring (bicyclic) bond motifs is 1. The highest BCUT2D eigenvalue weighted by molar-refractivity contribution is 7.17. The average molecular weight is 506 g/mol. The molecule has 8 heteroatoms. The Morgan fingerprint density at radius 3 is 2.49 bits per heavy atom. The summed E-state index contributed by atoms with van der Waals surface area (Å²) in [6.07, 6.45) is 12.9. The number of esters is 1. The molecule has 0 saturated carbocycles. The Morgan fingerprint density at radius 2 is 1.74 bits per heavy atom. The molecule has 0 bridgehead atoms. The van der Waals surface area contributed by atoms with Crippen molar-refractivity contribution in [3.8, 4) is 0 Å². The number of anilines is 1. The molecule has 1 fully saturated rings. The lowest BCUT2D eigenvalue weighted by Crippen LogP contribution is -2.50. The number of ketones is 1. The zero-order valence-corrected chi connectivity index (χ0v) is 22.3. The number of ether oxygens (including phenoxy) is 1. The summed E-state index contributed by atoms with van der Waals surface area (Å²) in [5, 5.41) is 9.81. The topological polar surface area (TPSA) is 96.5 Å². The second-order valence-electron chi connectivity index (χ2n) is 9.78. The molecule has 0 spiro atoms. The molecule has 0 aromatic carbocycles. The van der Waals surface area contributed by atoms with Gasteiger partial charge in [-0.3, -0.25) is 10.1 Å². The van der Waals surface area contributed by atoms with Crippen molar-refractivity contribution in [2.45, 2.75) is 103 Å². The van der Waals surface area contributed by atoms with Crippen LogP contribution in [-0.2, 0) is 22.4 Å². The van der Waals surface area contributed by atoms with Gasteiger partial charge < -0.3 is 15.4 Å². The fraction of sp³-hybridized carbons (Fsp3) is 0.741. The van der Waals surface area contributed by atoms with Crippen LogP contribution in [-0.4, -0.2) is 43.5 Å². The van der Waals surface area contributed by atoms with Crippen molar-refractivity contribution >= 4 is 34.1 Å². The molecule has 1 aliphatic heterocycles. The summed E-state index contributed by atoms with van der Waals surface area (Å²) < 4.78 is 5.30. The summed E-state index contributed by atoms with van der Waals surface area (Å²) >= 11 is 1.47. The van der Waals surface area contributed by atoms with E-state index >= 15 is 0 Å². The number of aryl methyl sites for hydroxylation is 1. The van der Waals surface area contributed by atoms with Gasteiger partial charge in [-0.25, -0.2) is 9.59 Å². The van der Waals surface area contributed by atoms with E-state index in [4.69, 9.17) is 4.74 Å². The quantitative estimate of drug-likeness (QED) is 0.239. The van der Waals surface area contributed by atoms with Crippen molar-refractivity contribution < 1.29 is 19.1 Å². The summed E-state index contributed by atoms with van der Waals surface area (Å²) in [5.41, 5.74) is 1.52. The van der Waals surface area contributed by atoms with E-state index in [1.165, 1.54) is 30.6 Å². The molecule has 1 aromatic heterocycles. The fourth-order valence-electron chi connectivity index (χ4n) is 5.23.